The molecular formula is C42H54CaO10S2. The summed E-state index contributed by atoms with van der Waals surface area (Å²) in [5.41, 5.74) is 1.61. The molecule has 0 aromatic heterocycles. The Kier molecular flexibility index (Phi) is 22.3. The fourth-order valence-corrected chi connectivity index (χ4v) is 7.18. The van der Waals surface area contributed by atoms with Gasteiger partial charge in [0.2, 0.25) is 0 Å². The summed E-state index contributed by atoms with van der Waals surface area (Å²) < 4.78 is 79.0. The van der Waals surface area contributed by atoms with Gasteiger partial charge in [-0.3, -0.25) is 4.55 Å². The van der Waals surface area contributed by atoms with Crippen LogP contribution in [0.15, 0.2) is 94.7 Å². The number of ether oxygens (including phenoxy) is 2. The molecule has 0 unspecified atom stereocenters. The molecule has 0 bridgehead atoms. The van der Waals surface area contributed by atoms with Crippen molar-refractivity contribution in [3.63, 3.8) is 0 Å². The van der Waals surface area contributed by atoms with Crippen molar-refractivity contribution in [3.8, 4) is 34.5 Å². The molecule has 55 heavy (non-hydrogen) atoms. The Hall–Kier alpha value is -2.84. The van der Waals surface area contributed by atoms with Crippen LogP contribution in [0.5, 0.6) is 34.5 Å². The van der Waals surface area contributed by atoms with Crippen molar-refractivity contribution in [1.82, 2.24) is 0 Å². The molecule has 4 aromatic rings. The zero-order valence-corrected chi connectivity index (χ0v) is 35.9. The molecule has 10 nitrogen and oxygen atoms in total. The Morgan fingerprint density at radius 3 is 1.44 bits per heavy atom. The molecule has 2 N–H and O–H groups in total. The second-order valence-corrected chi connectivity index (χ2v) is 16.1. The third kappa shape index (κ3) is 17.9. The maximum Gasteiger partial charge on any atom is 2.00 e. The average molecular weight is 823 g/mol. The van der Waals surface area contributed by atoms with Crippen LogP contribution >= 0.6 is 0 Å². The van der Waals surface area contributed by atoms with Crippen LogP contribution in [0.3, 0.4) is 0 Å². The number of phenolic OH excluding ortho intramolecular Hbond substituents is 1. The minimum Gasteiger partial charge on any atom is -0.870 e. The van der Waals surface area contributed by atoms with E-state index >= 15 is 0 Å². The number of phenols is 1. The van der Waals surface area contributed by atoms with E-state index in [1.54, 1.807) is 36.4 Å². The topological polar surface area (TPSA) is 173 Å². The number of para-hydroxylation sites is 4. The molecule has 0 saturated carbocycles. The van der Waals surface area contributed by atoms with Crippen molar-refractivity contribution < 1.29 is 45.6 Å². The minimum absolute atomic E-state index is 0. The molecule has 13 heteroatoms. The Bertz CT molecular complexity index is 1810. The average Bonchev–Trinajstić information content (AvgIpc) is 3.13. The summed E-state index contributed by atoms with van der Waals surface area (Å²) in [4.78, 5) is -0.711. The van der Waals surface area contributed by atoms with E-state index in [2.05, 4.69) is 13.8 Å². The predicted molar refractivity (Wildman–Crippen MR) is 214 cm³/mol. The van der Waals surface area contributed by atoms with E-state index in [9.17, 15) is 36.2 Å². The fraction of sp³-hybridized carbons (Fsp3) is 0.429. The molecule has 4 rings (SSSR count). The molecule has 296 valence electrons. The van der Waals surface area contributed by atoms with Crippen molar-refractivity contribution >= 4 is 58.0 Å². The molecule has 4 aromatic carbocycles. The van der Waals surface area contributed by atoms with E-state index in [1.807, 2.05) is 0 Å². The van der Waals surface area contributed by atoms with Gasteiger partial charge < -0.3 is 24.2 Å². The Balaban J connectivity index is 0.000000373. The zero-order valence-electron chi connectivity index (χ0n) is 32.1. The molecule has 0 aliphatic rings. The van der Waals surface area contributed by atoms with Gasteiger partial charge in [-0.2, -0.15) is 8.42 Å². The van der Waals surface area contributed by atoms with Gasteiger partial charge in [0.05, 0.1) is 4.90 Å². The summed E-state index contributed by atoms with van der Waals surface area (Å²) in [6.45, 7) is 4.38. The number of rotatable bonds is 22. The maximum atomic E-state index is 11.8. The standard InChI is InChI=1S/2C21H28O5S.Ca/c2*1-2-3-4-5-6-7-8-11-17-14-15-20(21(16-17)27(23,24)25)26-19-13-10-9-12-18(19)22;/h2*9-10,12-16,22H,2-8,11H2,1H3,(H,23,24,25);/q;;+2/p-2. The van der Waals surface area contributed by atoms with Gasteiger partial charge in [-0.1, -0.05) is 139 Å². The van der Waals surface area contributed by atoms with E-state index in [4.69, 9.17) is 9.47 Å². The largest absolute Gasteiger partial charge is 2.00 e. The van der Waals surface area contributed by atoms with Crippen LogP contribution in [-0.4, -0.2) is 68.8 Å². The van der Waals surface area contributed by atoms with E-state index in [1.165, 1.54) is 106 Å². The van der Waals surface area contributed by atoms with Crippen molar-refractivity contribution in [3.05, 3.63) is 96.1 Å². The summed E-state index contributed by atoms with van der Waals surface area (Å²) in [6, 6.07) is 21.5. The second kappa shape index (κ2) is 25.4. The van der Waals surface area contributed by atoms with Gasteiger partial charge in [-0.05, 0) is 79.3 Å². The monoisotopic (exact) mass is 822 g/mol. The first kappa shape index (κ1) is 48.3. The van der Waals surface area contributed by atoms with Gasteiger partial charge in [-0.15, -0.1) is 0 Å². The Morgan fingerprint density at radius 2 is 0.964 bits per heavy atom. The first-order valence-corrected chi connectivity index (χ1v) is 21.8. The van der Waals surface area contributed by atoms with E-state index in [-0.39, 0.29) is 77.1 Å². The number of hydrogen-bond acceptors (Lipinski definition) is 9. The SMILES string of the molecule is CCCCCCCCCc1ccc(Oc2ccccc2O)c(S(=O)(=O)O)c1.CCCCCCCCCc1ccc(Oc2ccccc2[O-])c(S(=O)(=O)[O-])c1.[Ca+2]. The summed E-state index contributed by atoms with van der Waals surface area (Å²) in [5.74, 6) is -0.492. The predicted octanol–water partition coefficient (Wildman–Crippen LogP) is 10.1. The first-order valence-electron chi connectivity index (χ1n) is 18.9. The fourth-order valence-electron chi connectivity index (χ4n) is 5.87. The normalized spacial score (nSPS) is 11.3. The van der Waals surface area contributed by atoms with Crippen molar-refractivity contribution in [1.29, 1.82) is 0 Å². The van der Waals surface area contributed by atoms with Gasteiger partial charge in [0.1, 0.15) is 32.3 Å². The van der Waals surface area contributed by atoms with Crippen molar-refractivity contribution in [2.45, 2.75) is 126 Å². The number of unbranched alkanes of at least 4 members (excludes halogenated alkanes) is 12. The first-order chi connectivity index (χ1) is 25.8. The van der Waals surface area contributed by atoms with Crippen LogP contribution < -0.4 is 14.6 Å². The second-order valence-electron chi connectivity index (χ2n) is 13.4. The number of benzene rings is 4. The smallest absolute Gasteiger partial charge is 0.870 e. The van der Waals surface area contributed by atoms with Crippen LogP contribution in [0.4, 0.5) is 0 Å². The van der Waals surface area contributed by atoms with Crippen LogP contribution in [0.1, 0.15) is 115 Å². The summed E-state index contributed by atoms with van der Waals surface area (Å²) in [5, 5.41) is 21.6. The number of aryl methyl sites for hydroxylation is 2. The molecule has 0 amide bonds. The molecule has 0 atom stereocenters. The zero-order chi connectivity index (χ0) is 39.4. The minimum atomic E-state index is -4.71. The summed E-state index contributed by atoms with van der Waals surface area (Å²) in [7, 11) is -9.15. The van der Waals surface area contributed by atoms with E-state index in [0.29, 0.717) is 6.42 Å². The summed E-state index contributed by atoms with van der Waals surface area (Å²) in [6.07, 6.45) is 17.8. The van der Waals surface area contributed by atoms with Crippen LogP contribution in [0.25, 0.3) is 0 Å². The molecule has 0 aliphatic carbocycles. The van der Waals surface area contributed by atoms with Gasteiger partial charge >= 0.3 is 37.7 Å². The van der Waals surface area contributed by atoms with Crippen LogP contribution in [0, 0.1) is 0 Å². The van der Waals surface area contributed by atoms with Crippen LogP contribution in [-0.2, 0) is 33.1 Å². The number of aromatic hydroxyl groups is 1. The molecule has 0 aliphatic heterocycles. The molecule has 0 heterocycles. The molecule has 0 spiro atoms. The molecule has 0 saturated heterocycles. The van der Waals surface area contributed by atoms with Gasteiger partial charge in [0.15, 0.2) is 11.5 Å². The third-order valence-electron chi connectivity index (χ3n) is 8.86. The Labute approximate surface area is 357 Å². The van der Waals surface area contributed by atoms with E-state index in [0.717, 1.165) is 49.7 Å². The molecule has 0 radical (unpaired) electrons. The third-order valence-corrected chi connectivity index (χ3v) is 10.6. The van der Waals surface area contributed by atoms with Gasteiger partial charge in [0, 0.05) is 0 Å². The van der Waals surface area contributed by atoms with Gasteiger partial charge in [-0.25, -0.2) is 8.42 Å². The quantitative estimate of drug-likeness (QED) is 0.0441. The van der Waals surface area contributed by atoms with Crippen molar-refractivity contribution in [2.75, 3.05) is 0 Å². The van der Waals surface area contributed by atoms with Crippen molar-refractivity contribution in [2.24, 2.45) is 0 Å². The molecule has 0 fully saturated rings. The number of hydrogen-bond donors (Lipinski definition) is 2. The maximum absolute atomic E-state index is 11.8. The van der Waals surface area contributed by atoms with Crippen LogP contribution in [0.2, 0.25) is 0 Å². The van der Waals surface area contributed by atoms with Gasteiger partial charge in [0.25, 0.3) is 10.1 Å². The summed E-state index contributed by atoms with van der Waals surface area (Å²) >= 11 is 0. The van der Waals surface area contributed by atoms with E-state index < -0.39 is 25.1 Å². The molecular weight excluding hydrogens is 769 g/mol. The Morgan fingerprint density at radius 1 is 0.545 bits per heavy atom.